The molecule has 0 bridgehead atoms. The predicted molar refractivity (Wildman–Crippen MR) is 102 cm³/mol. The number of primary amides is 1. The second-order valence-electron chi connectivity index (χ2n) is 5.65. The lowest BCUT2D eigenvalue weighted by Crippen LogP contribution is -2.42. The van der Waals surface area contributed by atoms with E-state index in [0.717, 1.165) is 16.7 Å². The lowest BCUT2D eigenvalue weighted by molar-refractivity contribution is -0.148. The summed E-state index contributed by atoms with van der Waals surface area (Å²) in [5.74, 6) is -1.21. The van der Waals surface area contributed by atoms with Crippen molar-refractivity contribution in [2.45, 2.75) is 19.9 Å². The zero-order chi connectivity index (χ0) is 20.8. The monoisotopic (exact) mass is 408 g/mol. The minimum atomic E-state index is -1.02. The second-order valence-corrected chi connectivity index (χ2v) is 6.64. The van der Waals surface area contributed by atoms with Crippen molar-refractivity contribution in [1.82, 2.24) is 4.90 Å². The predicted octanol–water partition coefficient (Wildman–Crippen LogP) is 1.55. The third kappa shape index (κ3) is 4.83. The molecule has 1 fully saturated rings. The Kier molecular flexibility index (Phi) is 7.05. The van der Waals surface area contributed by atoms with Crippen molar-refractivity contribution in [2.24, 2.45) is 5.73 Å². The van der Waals surface area contributed by atoms with Crippen molar-refractivity contribution < 1.29 is 33.4 Å². The van der Waals surface area contributed by atoms with Crippen LogP contribution in [0.4, 0.5) is 4.79 Å². The number of carbonyl (C=O) groups is 4. The summed E-state index contributed by atoms with van der Waals surface area (Å²) in [6.45, 7) is 3.25. The Morgan fingerprint density at radius 3 is 2.57 bits per heavy atom. The van der Waals surface area contributed by atoms with Crippen LogP contribution in [0.5, 0.6) is 11.5 Å². The van der Waals surface area contributed by atoms with E-state index in [1.165, 1.54) is 20.1 Å². The van der Waals surface area contributed by atoms with Gasteiger partial charge in [-0.15, -0.1) is 0 Å². The number of amides is 3. The van der Waals surface area contributed by atoms with Crippen LogP contribution in [0.3, 0.4) is 0 Å². The van der Waals surface area contributed by atoms with Crippen LogP contribution in [0.1, 0.15) is 19.4 Å². The number of carbonyl (C=O) groups excluding carboxylic acids is 4. The average Bonchev–Trinajstić information content (AvgIpc) is 2.93. The molecule has 9 nitrogen and oxygen atoms in total. The molecule has 0 unspecified atom stereocenters. The zero-order valence-electron chi connectivity index (χ0n) is 15.6. The highest BCUT2D eigenvalue weighted by molar-refractivity contribution is 8.18. The Morgan fingerprint density at radius 2 is 1.96 bits per heavy atom. The number of hydrogen-bond donors (Lipinski definition) is 1. The second kappa shape index (κ2) is 9.27. The van der Waals surface area contributed by atoms with Crippen LogP contribution in [0.25, 0.3) is 6.08 Å². The van der Waals surface area contributed by atoms with E-state index in [4.69, 9.17) is 15.2 Å². The molecule has 0 radical (unpaired) electrons. The third-order valence-electron chi connectivity index (χ3n) is 3.69. The fourth-order valence-electron chi connectivity index (χ4n) is 2.39. The van der Waals surface area contributed by atoms with Gasteiger partial charge in [-0.05, 0) is 49.4 Å². The van der Waals surface area contributed by atoms with Gasteiger partial charge in [-0.2, -0.15) is 0 Å². The average molecular weight is 408 g/mol. The van der Waals surface area contributed by atoms with Gasteiger partial charge in [0, 0.05) is 0 Å². The van der Waals surface area contributed by atoms with Crippen LogP contribution >= 0.6 is 11.8 Å². The summed E-state index contributed by atoms with van der Waals surface area (Å²) in [6.07, 6.45) is 1.51. The number of esters is 1. The molecular formula is C18H20N2O7S. The van der Waals surface area contributed by atoms with E-state index >= 15 is 0 Å². The summed E-state index contributed by atoms with van der Waals surface area (Å²) in [5, 5.41) is -0.555. The first-order valence-electron chi connectivity index (χ1n) is 8.31. The number of benzene rings is 1. The molecule has 150 valence electrons. The summed E-state index contributed by atoms with van der Waals surface area (Å²) < 4.78 is 15.4. The Morgan fingerprint density at radius 1 is 1.25 bits per heavy atom. The SMILES string of the molecule is CCOc1cc(/C=C2\SC(=O)N([C@H](C)C(=O)OC)C2=O)ccc1OCC(N)=O. The first-order valence-corrected chi connectivity index (χ1v) is 9.13. The van der Waals surface area contributed by atoms with Crippen LogP contribution < -0.4 is 15.2 Å². The molecule has 1 saturated heterocycles. The number of methoxy groups -OCH3 is 1. The largest absolute Gasteiger partial charge is 0.490 e. The number of nitrogens with zero attached hydrogens (tertiary/aromatic N) is 1. The Balaban J connectivity index is 2.28. The standard InChI is InChI=1S/C18H20N2O7S/c1-4-26-13-7-11(5-6-12(13)27-9-15(19)21)8-14-16(22)20(18(24)28-14)10(2)17(23)25-3/h5-8,10H,4,9H2,1-3H3,(H2,19,21)/b14-8-/t10-/m1/s1. The normalized spacial score (nSPS) is 16.2. The first kappa shape index (κ1) is 21.3. The molecule has 10 heteroatoms. The number of thioether (sulfide) groups is 1. The van der Waals surface area contributed by atoms with Gasteiger partial charge in [0.05, 0.1) is 18.6 Å². The molecular weight excluding hydrogens is 388 g/mol. The van der Waals surface area contributed by atoms with Crippen molar-refractivity contribution in [3.63, 3.8) is 0 Å². The lowest BCUT2D eigenvalue weighted by Gasteiger charge is -2.18. The number of hydrogen-bond acceptors (Lipinski definition) is 8. The van der Waals surface area contributed by atoms with Gasteiger partial charge in [-0.3, -0.25) is 19.3 Å². The highest BCUT2D eigenvalue weighted by Gasteiger charge is 2.41. The van der Waals surface area contributed by atoms with Crippen molar-refractivity contribution >= 4 is 40.9 Å². The van der Waals surface area contributed by atoms with Gasteiger partial charge in [0.2, 0.25) is 0 Å². The van der Waals surface area contributed by atoms with Gasteiger partial charge < -0.3 is 19.9 Å². The Bertz CT molecular complexity index is 837. The van der Waals surface area contributed by atoms with E-state index in [1.807, 2.05) is 0 Å². The molecule has 2 N–H and O–H groups in total. The van der Waals surface area contributed by atoms with E-state index in [-0.39, 0.29) is 11.5 Å². The third-order valence-corrected chi connectivity index (χ3v) is 4.57. The van der Waals surface area contributed by atoms with Gasteiger partial charge in [0.1, 0.15) is 6.04 Å². The number of nitrogens with two attached hydrogens (primary N) is 1. The molecule has 0 aromatic heterocycles. The molecule has 28 heavy (non-hydrogen) atoms. The van der Waals surface area contributed by atoms with Crippen LogP contribution in [0.15, 0.2) is 23.1 Å². The van der Waals surface area contributed by atoms with Crippen LogP contribution in [0.2, 0.25) is 0 Å². The summed E-state index contributed by atoms with van der Waals surface area (Å²) in [5.41, 5.74) is 5.65. The van der Waals surface area contributed by atoms with E-state index in [9.17, 15) is 19.2 Å². The quantitative estimate of drug-likeness (QED) is 0.507. The van der Waals surface area contributed by atoms with E-state index < -0.39 is 29.1 Å². The molecule has 1 atom stereocenters. The van der Waals surface area contributed by atoms with Crippen molar-refractivity contribution in [2.75, 3.05) is 20.3 Å². The van der Waals surface area contributed by atoms with Crippen molar-refractivity contribution in [3.05, 3.63) is 28.7 Å². The topological polar surface area (TPSA) is 125 Å². The van der Waals surface area contributed by atoms with Gasteiger partial charge in [0.25, 0.3) is 17.1 Å². The minimum absolute atomic E-state index is 0.161. The Hall–Kier alpha value is -3.01. The summed E-state index contributed by atoms with van der Waals surface area (Å²) in [6, 6.07) is 3.79. The van der Waals surface area contributed by atoms with Gasteiger partial charge in [-0.1, -0.05) is 6.07 Å². The van der Waals surface area contributed by atoms with Crippen LogP contribution in [-0.2, 0) is 19.1 Å². The fourth-order valence-corrected chi connectivity index (χ4v) is 3.30. The first-order chi connectivity index (χ1) is 13.3. The molecule has 0 aliphatic carbocycles. The summed E-state index contributed by atoms with van der Waals surface area (Å²) >= 11 is 0.728. The molecule has 0 saturated carbocycles. The molecule has 3 amide bonds. The fraction of sp³-hybridized carbons (Fsp3) is 0.333. The molecule has 1 aliphatic heterocycles. The van der Waals surface area contributed by atoms with E-state index in [1.54, 1.807) is 25.1 Å². The molecule has 2 rings (SSSR count). The van der Waals surface area contributed by atoms with Gasteiger partial charge >= 0.3 is 5.97 Å². The molecule has 1 aromatic carbocycles. The number of rotatable bonds is 8. The Labute approximate surface area is 165 Å². The summed E-state index contributed by atoms with van der Waals surface area (Å²) in [4.78, 5) is 48.3. The summed E-state index contributed by atoms with van der Waals surface area (Å²) in [7, 11) is 1.19. The minimum Gasteiger partial charge on any atom is -0.490 e. The maximum atomic E-state index is 12.5. The smallest absolute Gasteiger partial charge is 0.328 e. The molecule has 1 aliphatic rings. The zero-order valence-corrected chi connectivity index (χ0v) is 16.4. The molecule has 1 heterocycles. The van der Waals surface area contributed by atoms with Gasteiger partial charge in [0.15, 0.2) is 18.1 Å². The van der Waals surface area contributed by atoms with Crippen LogP contribution in [0, 0.1) is 0 Å². The lowest BCUT2D eigenvalue weighted by atomic mass is 10.1. The van der Waals surface area contributed by atoms with Gasteiger partial charge in [-0.25, -0.2) is 4.79 Å². The van der Waals surface area contributed by atoms with E-state index in [0.29, 0.717) is 23.7 Å². The molecule has 1 aromatic rings. The highest BCUT2D eigenvalue weighted by Crippen LogP contribution is 2.35. The van der Waals surface area contributed by atoms with Crippen LogP contribution in [-0.4, -0.2) is 54.3 Å². The van der Waals surface area contributed by atoms with E-state index in [2.05, 4.69) is 4.74 Å². The maximum Gasteiger partial charge on any atom is 0.328 e. The van der Waals surface area contributed by atoms with Crippen molar-refractivity contribution in [3.8, 4) is 11.5 Å². The number of imide groups is 1. The number of ether oxygens (including phenoxy) is 3. The van der Waals surface area contributed by atoms with Crippen molar-refractivity contribution in [1.29, 1.82) is 0 Å². The highest BCUT2D eigenvalue weighted by atomic mass is 32.2. The maximum absolute atomic E-state index is 12.5. The molecule has 0 spiro atoms.